The van der Waals surface area contributed by atoms with Gasteiger partial charge in [0.15, 0.2) is 0 Å². The molecule has 0 fully saturated rings. The molecule has 13 heavy (non-hydrogen) atoms. The van der Waals surface area contributed by atoms with Gasteiger partial charge in [-0.3, -0.25) is 0 Å². The fourth-order valence-electron chi connectivity index (χ4n) is 1.09. The molecule has 72 valence electrons. The summed E-state index contributed by atoms with van der Waals surface area (Å²) in [6.07, 6.45) is -0.403. The molecule has 3 N–H and O–H groups in total. The zero-order chi connectivity index (χ0) is 9.84. The maximum Gasteiger partial charge on any atom is 0.130 e. The second-order valence-electron chi connectivity index (χ2n) is 2.76. The first-order valence-electron chi connectivity index (χ1n) is 3.98. The van der Waals surface area contributed by atoms with Crippen molar-refractivity contribution in [1.29, 1.82) is 0 Å². The third-order valence-corrected chi connectivity index (χ3v) is 2.43. The average molecular weight is 295 g/mol. The Hall–Kier alpha value is -0.200. The first-order valence-corrected chi connectivity index (χ1v) is 5.06. The molecule has 0 aliphatic carbocycles. The van der Waals surface area contributed by atoms with Gasteiger partial charge in [-0.1, -0.05) is 6.07 Å². The molecular formula is C9H11FINO. The van der Waals surface area contributed by atoms with Crippen molar-refractivity contribution in [2.75, 3.05) is 6.54 Å². The summed E-state index contributed by atoms with van der Waals surface area (Å²) in [5, 5.41) is 9.47. The van der Waals surface area contributed by atoms with E-state index in [9.17, 15) is 9.50 Å². The van der Waals surface area contributed by atoms with E-state index in [4.69, 9.17) is 5.73 Å². The molecule has 0 heterocycles. The summed E-state index contributed by atoms with van der Waals surface area (Å²) in [7, 11) is 0. The molecule has 0 amide bonds. The zero-order valence-corrected chi connectivity index (χ0v) is 9.16. The number of aliphatic hydroxyl groups is 1. The Kier molecular flexibility index (Phi) is 4.08. The molecule has 0 aliphatic rings. The van der Waals surface area contributed by atoms with Crippen LogP contribution >= 0.6 is 22.6 Å². The molecular weight excluding hydrogens is 284 g/mol. The average Bonchev–Trinajstić information content (AvgIpc) is 2.04. The summed E-state index contributed by atoms with van der Waals surface area (Å²) in [5.74, 6) is -0.368. The van der Waals surface area contributed by atoms with Crippen LogP contribution in [0.1, 0.15) is 18.1 Å². The smallest absolute Gasteiger partial charge is 0.130 e. The van der Waals surface area contributed by atoms with Gasteiger partial charge in [-0.05, 0) is 47.7 Å². The monoisotopic (exact) mass is 295 g/mol. The maximum atomic E-state index is 13.2. The highest BCUT2D eigenvalue weighted by Gasteiger charge is 2.11. The van der Waals surface area contributed by atoms with Crippen LogP contribution in [0.2, 0.25) is 0 Å². The summed E-state index contributed by atoms with van der Waals surface area (Å²) in [6, 6.07) is 4.76. The summed E-state index contributed by atoms with van der Waals surface area (Å²) in [6.45, 7) is 0.354. The Morgan fingerprint density at radius 1 is 1.54 bits per heavy atom. The van der Waals surface area contributed by atoms with Crippen molar-refractivity contribution in [2.45, 2.75) is 12.5 Å². The Morgan fingerprint density at radius 2 is 2.23 bits per heavy atom. The minimum absolute atomic E-state index is 0.325. The van der Waals surface area contributed by atoms with Gasteiger partial charge >= 0.3 is 0 Å². The topological polar surface area (TPSA) is 46.2 Å². The van der Waals surface area contributed by atoms with Crippen LogP contribution in [0, 0.1) is 9.39 Å². The standard InChI is InChI=1S/C9H11FINO/c10-8-5-6(11)1-2-7(8)9(13)3-4-12/h1-2,5,9,13H,3-4,12H2. The van der Waals surface area contributed by atoms with Crippen molar-refractivity contribution < 1.29 is 9.50 Å². The molecule has 0 bridgehead atoms. The molecule has 0 radical (unpaired) electrons. The second kappa shape index (κ2) is 4.88. The van der Waals surface area contributed by atoms with E-state index in [0.717, 1.165) is 3.57 Å². The van der Waals surface area contributed by atoms with Crippen LogP contribution < -0.4 is 5.73 Å². The van der Waals surface area contributed by atoms with E-state index < -0.39 is 6.10 Å². The van der Waals surface area contributed by atoms with Crippen LogP contribution in [-0.4, -0.2) is 11.7 Å². The minimum Gasteiger partial charge on any atom is -0.388 e. The van der Waals surface area contributed by atoms with Gasteiger partial charge in [0.1, 0.15) is 5.82 Å². The van der Waals surface area contributed by atoms with Crippen molar-refractivity contribution in [3.8, 4) is 0 Å². The van der Waals surface area contributed by atoms with Gasteiger partial charge < -0.3 is 10.8 Å². The number of hydrogen-bond donors (Lipinski definition) is 2. The lowest BCUT2D eigenvalue weighted by molar-refractivity contribution is 0.165. The fraction of sp³-hybridized carbons (Fsp3) is 0.333. The van der Waals surface area contributed by atoms with Crippen molar-refractivity contribution in [3.63, 3.8) is 0 Å². The molecule has 0 aliphatic heterocycles. The molecule has 0 saturated heterocycles. The van der Waals surface area contributed by atoms with Crippen LogP contribution in [-0.2, 0) is 0 Å². The number of halogens is 2. The third kappa shape index (κ3) is 2.89. The van der Waals surface area contributed by atoms with Crippen molar-refractivity contribution in [3.05, 3.63) is 33.1 Å². The minimum atomic E-state index is -0.790. The number of hydrogen-bond acceptors (Lipinski definition) is 2. The molecule has 1 atom stereocenters. The largest absolute Gasteiger partial charge is 0.388 e. The van der Waals surface area contributed by atoms with Crippen LogP contribution in [0.4, 0.5) is 4.39 Å². The van der Waals surface area contributed by atoms with Crippen molar-refractivity contribution in [2.24, 2.45) is 5.73 Å². The predicted molar refractivity (Wildman–Crippen MR) is 57.7 cm³/mol. The summed E-state index contributed by atoms with van der Waals surface area (Å²) in [5.41, 5.74) is 5.59. The molecule has 2 nitrogen and oxygen atoms in total. The first-order chi connectivity index (χ1) is 6.15. The third-order valence-electron chi connectivity index (χ3n) is 1.76. The predicted octanol–water partition coefficient (Wildman–Crippen LogP) is 1.81. The quantitative estimate of drug-likeness (QED) is 0.836. The van der Waals surface area contributed by atoms with E-state index >= 15 is 0 Å². The molecule has 1 unspecified atom stereocenters. The first kappa shape index (κ1) is 10.9. The molecule has 1 rings (SSSR count). The molecule has 0 spiro atoms. The fourth-order valence-corrected chi connectivity index (χ4v) is 1.54. The SMILES string of the molecule is NCCC(O)c1ccc(I)cc1F. The number of aliphatic hydroxyl groups excluding tert-OH is 1. The van der Waals surface area contributed by atoms with Crippen molar-refractivity contribution >= 4 is 22.6 Å². The van der Waals surface area contributed by atoms with Gasteiger partial charge in [0.25, 0.3) is 0 Å². The number of nitrogens with two attached hydrogens (primary N) is 1. The van der Waals surface area contributed by atoms with E-state index in [1.807, 2.05) is 22.6 Å². The van der Waals surface area contributed by atoms with Gasteiger partial charge in [0.2, 0.25) is 0 Å². The van der Waals surface area contributed by atoms with Crippen molar-refractivity contribution in [1.82, 2.24) is 0 Å². The number of rotatable bonds is 3. The zero-order valence-electron chi connectivity index (χ0n) is 7.00. The van der Waals surface area contributed by atoms with Gasteiger partial charge in [0, 0.05) is 9.13 Å². The Bertz CT molecular complexity index is 293. The summed E-state index contributed by atoms with van der Waals surface area (Å²) < 4.78 is 14.0. The van der Waals surface area contributed by atoms with Gasteiger partial charge in [-0.2, -0.15) is 0 Å². The maximum absolute atomic E-state index is 13.2. The van der Waals surface area contributed by atoms with Crippen LogP contribution in [0.15, 0.2) is 18.2 Å². The molecule has 0 aromatic heterocycles. The summed E-state index contributed by atoms with van der Waals surface area (Å²) in [4.78, 5) is 0. The van der Waals surface area contributed by atoms with Crippen LogP contribution in [0.25, 0.3) is 0 Å². The highest BCUT2D eigenvalue weighted by Crippen LogP contribution is 2.21. The molecule has 1 aromatic rings. The van der Waals surface area contributed by atoms with Gasteiger partial charge in [-0.25, -0.2) is 4.39 Å². The van der Waals surface area contributed by atoms with E-state index in [-0.39, 0.29) is 5.82 Å². The molecule has 1 aromatic carbocycles. The lowest BCUT2D eigenvalue weighted by atomic mass is 10.1. The van der Waals surface area contributed by atoms with Gasteiger partial charge in [-0.15, -0.1) is 0 Å². The van der Waals surface area contributed by atoms with E-state index in [0.29, 0.717) is 18.5 Å². The van der Waals surface area contributed by atoms with E-state index in [1.54, 1.807) is 12.1 Å². The Balaban J connectivity index is 2.88. The van der Waals surface area contributed by atoms with E-state index in [2.05, 4.69) is 0 Å². The normalized spacial score (nSPS) is 12.9. The lowest BCUT2D eigenvalue weighted by Gasteiger charge is -2.10. The van der Waals surface area contributed by atoms with Gasteiger partial charge in [0.05, 0.1) is 6.10 Å². The highest BCUT2D eigenvalue weighted by molar-refractivity contribution is 14.1. The molecule has 4 heteroatoms. The summed E-state index contributed by atoms with van der Waals surface area (Å²) >= 11 is 2.02. The second-order valence-corrected chi connectivity index (χ2v) is 4.00. The van der Waals surface area contributed by atoms with E-state index in [1.165, 1.54) is 6.07 Å². The highest BCUT2D eigenvalue weighted by atomic mass is 127. The molecule has 0 saturated carbocycles. The van der Waals surface area contributed by atoms with Crippen LogP contribution in [0.5, 0.6) is 0 Å². The Labute approximate surface area is 90.1 Å². The Morgan fingerprint density at radius 3 is 2.77 bits per heavy atom. The van der Waals surface area contributed by atoms with Crippen LogP contribution in [0.3, 0.4) is 0 Å². The lowest BCUT2D eigenvalue weighted by Crippen LogP contribution is -2.08. The number of benzene rings is 1.